The highest BCUT2D eigenvalue weighted by molar-refractivity contribution is 6.26. The molecular weight excluding hydrogens is 436 g/mol. The summed E-state index contributed by atoms with van der Waals surface area (Å²) in [4.78, 5) is 0. The minimum absolute atomic E-state index is 0.473. The fraction of sp³-hybridized carbons (Fsp3) is 0.600. The molecule has 34 heavy (non-hydrogen) atoms. The molecule has 0 aromatic heterocycles. The van der Waals surface area contributed by atoms with Crippen LogP contribution in [-0.2, 0) is 26.2 Å². The third kappa shape index (κ3) is 13.1. The predicted octanol–water partition coefficient (Wildman–Crippen LogP) is 8.38. The van der Waals surface area contributed by atoms with E-state index in [-0.39, 0.29) is 0 Å². The van der Waals surface area contributed by atoms with Crippen LogP contribution in [0.3, 0.4) is 0 Å². The second-order valence-corrected chi connectivity index (χ2v) is 10.8. The zero-order valence-corrected chi connectivity index (χ0v) is 22.6. The first kappa shape index (κ1) is 28.3. The average molecular weight is 483 g/mol. The van der Waals surface area contributed by atoms with E-state index in [4.69, 9.17) is 8.85 Å². The topological polar surface area (TPSA) is 35.5 Å². The van der Waals surface area contributed by atoms with Crippen molar-refractivity contribution in [2.45, 2.75) is 109 Å². The number of hydrogen-bond acceptors (Lipinski definition) is 3. The van der Waals surface area contributed by atoms with Crippen molar-refractivity contribution in [2.24, 2.45) is 0 Å². The zero-order chi connectivity index (χ0) is 24.3. The number of unbranched alkanes of at least 4 members (excludes halogenated alkanes) is 9. The standard InChI is InChI=1S/C30H46O3Si/c1-3-4-5-6-7-8-9-10-11-18-27-32-34(31)33-30(2,25-23-28-19-14-12-15-20-28)26-24-29-21-16-13-17-22-29/h12-17,19-22H,3-11,18,23-27H2,1-2H3. The van der Waals surface area contributed by atoms with Gasteiger partial charge in [0.15, 0.2) is 0 Å². The van der Waals surface area contributed by atoms with Gasteiger partial charge in [0, 0.05) is 0 Å². The van der Waals surface area contributed by atoms with Crippen molar-refractivity contribution < 1.29 is 13.3 Å². The lowest BCUT2D eigenvalue weighted by Crippen LogP contribution is -2.35. The Hall–Kier alpha value is -1.94. The van der Waals surface area contributed by atoms with Gasteiger partial charge < -0.3 is 8.85 Å². The SMILES string of the molecule is CCCCCCCCCCCCO[Si](=O)OC(C)(CCc1ccccc1)CCc1ccccc1. The van der Waals surface area contributed by atoms with E-state index < -0.39 is 14.8 Å². The van der Waals surface area contributed by atoms with Crippen LogP contribution in [0, 0.1) is 0 Å². The summed E-state index contributed by atoms with van der Waals surface area (Å²) in [6.07, 6.45) is 16.2. The second kappa shape index (κ2) is 17.5. The van der Waals surface area contributed by atoms with Crippen LogP contribution in [0.5, 0.6) is 0 Å². The summed E-state index contributed by atoms with van der Waals surface area (Å²) >= 11 is 0. The molecule has 0 atom stereocenters. The van der Waals surface area contributed by atoms with Gasteiger partial charge in [-0.1, -0.05) is 125 Å². The smallest absolute Gasteiger partial charge is 0.496 e. The van der Waals surface area contributed by atoms with Crippen molar-refractivity contribution in [1.82, 2.24) is 0 Å². The Kier molecular flexibility index (Phi) is 14.6. The minimum atomic E-state index is -2.51. The van der Waals surface area contributed by atoms with E-state index in [0.717, 1.165) is 38.5 Å². The van der Waals surface area contributed by atoms with Crippen LogP contribution in [-0.4, -0.2) is 21.4 Å². The number of aryl methyl sites for hydroxylation is 2. The molecule has 0 bridgehead atoms. The van der Waals surface area contributed by atoms with E-state index in [9.17, 15) is 4.46 Å². The summed E-state index contributed by atoms with van der Waals surface area (Å²) in [6, 6.07) is 20.9. The molecule has 0 radical (unpaired) electrons. The molecule has 0 saturated carbocycles. The molecule has 0 aliphatic carbocycles. The molecule has 0 aliphatic rings. The van der Waals surface area contributed by atoms with Gasteiger partial charge in [0.25, 0.3) is 0 Å². The van der Waals surface area contributed by atoms with Gasteiger partial charge in [0.05, 0.1) is 12.2 Å². The summed E-state index contributed by atoms with van der Waals surface area (Å²) in [7, 11) is -2.51. The van der Waals surface area contributed by atoms with E-state index in [2.05, 4.69) is 62.4 Å². The van der Waals surface area contributed by atoms with Crippen LogP contribution in [0.2, 0.25) is 0 Å². The highest BCUT2D eigenvalue weighted by atomic mass is 28.3. The van der Waals surface area contributed by atoms with Gasteiger partial charge in [-0.2, -0.15) is 0 Å². The zero-order valence-electron chi connectivity index (χ0n) is 21.6. The molecule has 0 fully saturated rings. The second-order valence-electron chi connectivity index (χ2n) is 9.80. The van der Waals surface area contributed by atoms with Crippen molar-refractivity contribution in [3.05, 3.63) is 71.8 Å². The first-order valence-corrected chi connectivity index (χ1v) is 14.8. The molecule has 0 amide bonds. The molecule has 0 saturated heterocycles. The lowest BCUT2D eigenvalue weighted by Gasteiger charge is -2.30. The van der Waals surface area contributed by atoms with Crippen LogP contribution >= 0.6 is 0 Å². The molecule has 3 nitrogen and oxygen atoms in total. The summed E-state index contributed by atoms with van der Waals surface area (Å²) in [5.41, 5.74) is 2.09. The van der Waals surface area contributed by atoms with Gasteiger partial charge in [-0.3, -0.25) is 4.46 Å². The number of hydrogen-bond donors (Lipinski definition) is 0. The maximum Gasteiger partial charge on any atom is 0.767 e. The third-order valence-corrected chi connectivity index (χ3v) is 7.72. The van der Waals surface area contributed by atoms with Crippen LogP contribution in [0.25, 0.3) is 0 Å². The largest absolute Gasteiger partial charge is 0.767 e. The van der Waals surface area contributed by atoms with E-state index in [0.29, 0.717) is 6.61 Å². The number of benzene rings is 2. The Morgan fingerprint density at radius 3 is 1.59 bits per heavy atom. The molecule has 0 spiro atoms. The number of rotatable bonds is 20. The fourth-order valence-corrected chi connectivity index (χ4v) is 5.29. The molecule has 4 heteroatoms. The Morgan fingerprint density at radius 2 is 1.12 bits per heavy atom. The molecule has 0 aliphatic heterocycles. The first-order chi connectivity index (χ1) is 16.6. The summed E-state index contributed by atoms with van der Waals surface area (Å²) in [6.45, 7) is 4.88. The first-order valence-electron chi connectivity index (χ1n) is 13.5. The molecule has 0 unspecified atom stereocenters. The van der Waals surface area contributed by atoms with Gasteiger partial charge >= 0.3 is 9.17 Å². The van der Waals surface area contributed by atoms with E-state index in [1.807, 2.05) is 12.1 Å². The van der Waals surface area contributed by atoms with Gasteiger partial charge in [0.2, 0.25) is 0 Å². The van der Waals surface area contributed by atoms with Crippen molar-refractivity contribution >= 4 is 9.17 Å². The molecule has 2 aromatic rings. The lowest BCUT2D eigenvalue weighted by molar-refractivity contribution is 0.0247. The maximum absolute atomic E-state index is 12.7. The summed E-state index contributed by atoms with van der Waals surface area (Å²) < 4.78 is 24.4. The monoisotopic (exact) mass is 482 g/mol. The summed E-state index contributed by atoms with van der Waals surface area (Å²) in [5.74, 6) is 0. The van der Waals surface area contributed by atoms with Crippen molar-refractivity contribution in [2.75, 3.05) is 6.61 Å². The lowest BCUT2D eigenvalue weighted by atomic mass is 9.90. The minimum Gasteiger partial charge on any atom is -0.496 e. The van der Waals surface area contributed by atoms with Crippen molar-refractivity contribution in [1.29, 1.82) is 0 Å². The van der Waals surface area contributed by atoms with Crippen LogP contribution in [0.15, 0.2) is 60.7 Å². The quantitative estimate of drug-likeness (QED) is 0.140. The van der Waals surface area contributed by atoms with E-state index in [1.165, 1.54) is 62.5 Å². The highest BCUT2D eigenvalue weighted by Gasteiger charge is 2.30. The van der Waals surface area contributed by atoms with Gasteiger partial charge in [-0.05, 0) is 50.2 Å². The maximum atomic E-state index is 12.7. The van der Waals surface area contributed by atoms with E-state index in [1.54, 1.807) is 0 Å². The predicted molar refractivity (Wildman–Crippen MR) is 143 cm³/mol. The molecule has 2 rings (SSSR count). The molecule has 0 N–H and O–H groups in total. The summed E-state index contributed by atoms with van der Waals surface area (Å²) in [5, 5.41) is 0. The van der Waals surface area contributed by atoms with Gasteiger partial charge in [0.1, 0.15) is 0 Å². The Balaban J connectivity index is 1.69. The average Bonchev–Trinajstić information content (AvgIpc) is 2.86. The Labute approximate surface area is 210 Å². The van der Waals surface area contributed by atoms with Crippen molar-refractivity contribution in [3.8, 4) is 0 Å². The van der Waals surface area contributed by atoms with Crippen LogP contribution in [0.1, 0.15) is 102 Å². The van der Waals surface area contributed by atoms with Gasteiger partial charge in [-0.25, -0.2) is 0 Å². The molecule has 2 aromatic carbocycles. The Bertz CT molecular complexity index is 720. The highest BCUT2D eigenvalue weighted by Crippen LogP contribution is 2.25. The fourth-order valence-electron chi connectivity index (χ4n) is 4.31. The Morgan fingerprint density at radius 1 is 0.676 bits per heavy atom. The molecular formula is C30H46O3Si. The third-order valence-electron chi connectivity index (χ3n) is 6.62. The van der Waals surface area contributed by atoms with E-state index >= 15 is 0 Å². The van der Waals surface area contributed by atoms with Crippen LogP contribution in [0.4, 0.5) is 0 Å². The molecule has 0 heterocycles. The van der Waals surface area contributed by atoms with Crippen LogP contribution < -0.4 is 0 Å². The van der Waals surface area contributed by atoms with Gasteiger partial charge in [-0.15, -0.1) is 0 Å². The molecule has 188 valence electrons. The normalized spacial score (nSPS) is 11.4. The van der Waals surface area contributed by atoms with Crippen molar-refractivity contribution in [3.63, 3.8) is 0 Å².